The average molecular weight is 438 g/mol. The molecule has 170 valence electrons. The Kier molecular flexibility index (Phi) is 7.37. The normalized spacial score (nSPS) is 25.4. The highest BCUT2D eigenvalue weighted by Crippen LogP contribution is 2.42. The van der Waals surface area contributed by atoms with Gasteiger partial charge in [-0.05, 0) is 20.8 Å². The van der Waals surface area contributed by atoms with Crippen LogP contribution in [-0.2, 0) is 42.9 Å². The molecule has 0 unspecified atom stereocenters. The number of aromatic nitrogens is 1. The van der Waals surface area contributed by atoms with E-state index in [0.717, 1.165) is 13.8 Å². The third-order valence-electron chi connectivity index (χ3n) is 4.21. The molecule has 2 heterocycles. The average Bonchev–Trinajstić information content (AvgIpc) is 2.93. The smallest absolute Gasteiger partial charge is 0.365 e. The fraction of sp³-hybridized carbons (Fsp3) is 0.571. The fourth-order valence-corrected chi connectivity index (χ4v) is 3.25. The van der Waals surface area contributed by atoms with Gasteiger partial charge in [-0.25, -0.2) is 4.79 Å². The second kappa shape index (κ2) is 9.42. The molecule has 1 aromatic heterocycles. The number of hydrogen-bond donors (Lipinski definition) is 0. The number of hydrogen-bond acceptors (Lipinski definition) is 9. The first-order valence-electron chi connectivity index (χ1n) is 9.71. The number of esters is 4. The maximum atomic E-state index is 13.5. The van der Waals surface area contributed by atoms with Gasteiger partial charge in [-0.3, -0.25) is 14.4 Å². The summed E-state index contributed by atoms with van der Waals surface area (Å²) in [5.74, 6) is -3.13. The van der Waals surface area contributed by atoms with Gasteiger partial charge in [0.2, 0.25) is 0 Å². The lowest BCUT2D eigenvalue weighted by Gasteiger charge is -2.34. The van der Waals surface area contributed by atoms with Gasteiger partial charge in [0.1, 0.15) is 18.3 Å². The van der Waals surface area contributed by atoms with E-state index in [1.165, 1.54) is 11.5 Å². The summed E-state index contributed by atoms with van der Waals surface area (Å²) in [6, 6.07) is 5.10. The predicted molar refractivity (Wildman–Crippen MR) is 103 cm³/mol. The number of pyridine rings is 1. The molecule has 0 aromatic carbocycles. The lowest BCUT2D eigenvalue weighted by molar-refractivity contribution is -0.769. The topological polar surface area (TPSA) is 118 Å². The molecular weight excluding hydrogens is 410 g/mol. The quantitative estimate of drug-likeness (QED) is 0.364. The predicted octanol–water partition coefficient (Wildman–Crippen LogP) is 1.01. The van der Waals surface area contributed by atoms with Crippen LogP contribution in [0.4, 0.5) is 0 Å². The van der Waals surface area contributed by atoms with Crippen LogP contribution < -0.4 is 4.57 Å². The summed E-state index contributed by atoms with van der Waals surface area (Å²) in [4.78, 5) is 48.9. The first kappa shape index (κ1) is 24.3. The first-order valence-corrected chi connectivity index (χ1v) is 9.71. The SMILES string of the molecule is CC(=O)OC[C@H]1O[C@@H]([n+]2ccccc2)[C@@](OC(C)=O)(C(=O)OC(C)(C)C)[C@@H]1OC(C)=O. The van der Waals surface area contributed by atoms with Gasteiger partial charge in [-0.15, -0.1) is 0 Å². The second-order valence-corrected chi connectivity index (χ2v) is 8.07. The maximum absolute atomic E-state index is 13.5. The zero-order chi connectivity index (χ0) is 23.4. The molecule has 1 fully saturated rings. The minimum atomic E-state index is -2.19. The van der Waals surface area contributed by atoms with Gasteiger partial charge in [0.25, 0.3) is 0 Å². The third kappa shape index (κ3) is 5.78. The highest BCUT2D eigenvalue weighted by Gasteiger charge is 2.73. The summed E-state index contributed by atoms with van der Waals surface area (Å²) in [7, 11) is 0. The van der Waals surface area contributed by atoms with Crippen LogP contribution in [0.25, 0.3) is 0 Å². The van der Waals surface area contributed by atoms with Crippen molar-refractivity contribution in [3.63, 3.8) is 0 Å². The van der Waals surface area contributed by atoms with Gasteiger partial charge >= 0.3 is 35.7 Å². The monoisotopic (exact) mass is 438 g/mol. The molecule has 0 radical (unpaired) electrons. The Balaban J connectivity index is 2.68. The molecule has 0 amide bonds. The van der Waals surface area contributed by atoms with Crippen LogP contribution in [0.2, 0.25) is 0 Å². The molecule has 1 aromatic rings. The van der Waals surface area contributed by atoms with Crippen molar-refractivity contribution in [2.24, 2.45) is 0 Å². The number of ether oxygens (including phenoxy) is 5. The van der Waals surface area contributed by atoms with Gasteiger partial charge < -0.3 is 23.7 Å². The maximum Gasteiger partial charge on any atom is 0.365 e. The molecular formula is C21H28NO9+. The Hall–Kier alpha value is -3.01. The number of nitrogens with zero attached hydrogens (tertiary/aromatic N) is 1. The molecule has 1 saturated heterocycles. The van der Waals surface area contributed by atoms with Gasteiger partial charge in [-0.1, -0.05) is 6.07 Å². The standard InChI is InChI=1S/C21H28NO9/c1-13(23)27-12-16-17(28-14(2)24)21(30-15(3)25,19(26)31-20(4,5)6)18(29-16)22-10-8-7-9-11-22/h7-11,16-18H,12H2,1-6H3/q+1/t16-,17-,18-,21-/m1/s1. The van der Waals surface area contributed by atoms with E-state index in [4.69, 9.17) is 23.7 Å². The van der Waals surface area contributed by atoms with Crippen LogP contribution in [0.15, 0.2) is 30.6 Å². The van der Waals surface area contributed by atoms with E-state index in [9.17, 15) is 19.2 Å². The Morgan fingerprint density at radius 2 is 1.58 bits per heavy atom. The van der Waals surface area contributed by atoms with Gasteiger partial charge in [0, 0.05) is 32.9 Å². The molecule has 0 spiro atoms. The van der Waals surface area contributed by atoms with Crippen LogP contribution in [0.5, 0.6) is 0 Å². The molecule has 31 heavy (non-hydrogen) atoms. The number of carbonyl (C=O) groups excluding carboxylic acids is 4. The lowest BCUT2D eigenvalue weighted by Crippen LogP contribution is -2.64. The number of rotatable bonds is 6. The van der Waals surface area contributed by atoms with Crippen LogP contribution in [0, 0.1) is 0 Å². The number of carbonyl (C=O) groups is 4. The molecule has 1 aliphatic heterocycles. The summed E-state index contributed by atoms with van der Waals surface area (Å²) >= 11 is 0. The zero-order valence-corrected chi connectivity index (χ0v) is 18.4. The zero-order valence-electron chi connectivity index (χ0n) is 18.4. The Bertz CT molecular complexity index is 833. The van der Waals surface area contributed by atoms with Gasteiger partial charge in [-0.2, -0.15) is 4.57 Å². The largest absolute Gasteiger partial charge is 0.463 e. The van der Waals surface area contributed by atoms with Crippen LogP contribution in [-0.4, -0.2) is 53.9 Å². The molecule has 0 bridgehead atoms. The molecule has 2 rings (SSSR count). The summed E-state index contributed by atoms with van der Waals surface area (Å²) in [6.07, 6.45) is -0.644. The van der Waals surface area contributed by atoms with Gasteiger partial charge in [0.05, 0.1) is 0 Å². The Morgan fingerprint density at radius 3 is 2.06 bits per heavy atom. The molecule has 10 heteroatoms. The Morgan fingerprint density at radius 1 is 0.968 bits per heavy atom. The minimum absolute atomic E-state index is 0.344. The summed E-state index contributed by atoms with van der Waals surface area (Å²) in [5.41, 5.74) is -3.15. The van der Waals surface area contributed by atoms with Crippen molar-refractivity contribution in [2.45, 2.75) is 71.2 Å². The summed E-state index contributed by atoms with van der Waals surface area (Å²) in [5, 5.41) is 0. The molecule has 10 nitrogen and oxygen atoms in total. The van der Waals surface area contributed by atoms with Crippen LogP contribution >= 0.6 is 0 Å². The minimum Gasteiger partial charge on any atom is -0.463 e. The van der Waals surface area contributed by atoms with Crippen molar-refractivity contribution < 1.29 is 47.4 Å². The second-order valence-electron chi connectivity index (χ2n) is 8.07. The van der Waals surface area contributed by atoms with Crippen molar-refractivity contribution >= 4 is 23.9 Å². The molecule has 4 atom stereocenters. The molecule has 0 saturated carbocycles. The van der Waals surface area contributed by atoms with Crippen LogP contribution in [0.1, 0.15) is 47.8 Å². The van der Waals surface area contributed by atoms with E-state index in [2.05, 4.69) is 0 Å². The van der Waals surface area contributed by atoms with E-state index in [-0.39, 0.29) is 6.61 Å². The van der Waals surface area contributed by atoms with Crippen molar-refractivity contribution in [2.75, 3.05) is 6.61 Å². The van der Waals surface area contributed by atoms with Crippen molar-refractivity contribution in [1.82, 2.24) is 0 Å². The molecule has 0 aliphatic carbocycles. The van der Waals surface area contributed by atoms with Gasteiger partial charge in [0.15, 0.2) is 18.5 Å². The van der Waals surface area contributed by atoms with E-state index in [1.54, 1.807) is 51.4 Å². The fourth-order valence-electron chi connectivity index (χ4n) is 3.25. The van der Waals surface area contributed by atoms with Crippen molar-refractivity contribution in [3.05, 3.63) is 30.6 Å². The Labute approximate surface area is 180 Å². The van der Waals surface area contributed by atoms with Crippen molar-refractivity contribution in [1.29, 1.82) is 0 Å². The van der Waals surface area contributed by atoms with E-state index in [0.29, 0.717) is 0 Å². The van der Waals surface area contributed by atoms with Crippen molar-refractivity contribution in [3.8, 4) is 0 Å². The van der Waals surface area contributed by atoms with E-state index >= 15 is 0 Å². The lowest BCUT2D eigenvalue weighted by atomic mass is 9.92. The van der Waals surface area contributed by atoms with E-state index in [1.807, 2.05) is 0 Å². The first-order chi connectivity index (χ1) is 14.4. The summed E-state index contributed by atoms with van der Waals surface area (Å²) in [6.45, 7) is 8.04. The summed E-state index contributed by atoms with van der Waals surface area (Å²) < 4.78 is 29.0. The molecule has 0 N–H and O–H groups in total. The highest BCUT2D eigenvalue weighted by molar-refractivity contribution is 5.85. The van der Waals surface area contributed by atoms with Crippen LogP contribution in [0.3, 0.4) is 0 Å². The molecule has 1 aliphatic rings. The third-order valence-corrected chi connectivity index (χ3v) is 4.21. The van der Waals surface area contributed by atoms with E-state index < -0.39 is 53.5 Å². The highest BCUT2D eigenvalue weighted by atomic mass is 16.7.